The zero-order valence-electron chi connectivity index (χ0n) is 11.8. The van der Waals surface area contributed by atoms with Gasteiger partial charge in [0, 0.05) is 10.2 Å². The van der Waals surface area contributed by atoms with Crippen molar-refractivity contribution in [3.05, 3.63) is 53.0 Å². The van der Waals surface area contributed by atoms with Gasteiger partial charge in [-0.05, 0) is 49.4 Å². The van der Waals surface area contributed by atoms with E-state index in [-0.39, 0.29) is 5.91 Å². The molecule has 0 unspecified atom stereocenters. The molecular formula is C16H16BrNO3. The van der Waals surface area contributed by atoms with E-state index >= 15 is 0 Å². The molecule has 0 saturated heterocycles. The van der Waals surface area contributed by atoms with E-state index in [2.05, 4.69) is 21.2 Å². The molecule has 5 heteroatoms. The van der Waals surface area contributed by atoms with Gasteiger partial charge in [-0.1, -0.05) is 22.0 Å². The van der Waals surface area contributed by atoms with Crippen LogP contribution in [0.5, 0.6) is 11.5 Å². The predicted molar refractivity (Wildman–Crippen MR) is 85.9 cm³/mol. The van der Waals surface area contributed by atoms with Gasteiger partial charge in [0.15, 0.2) is 6.10 Å². The Bertz CT molecular complexity index is 613. The van der Waals surface area contributed by atoms with Crippen LogP contribution in [0.15, 0.2) is 53.0 Å². The van der Waals surface area contributed by atoms with Gasteiger partial charge in [0.25, 0.3) is 5.91 Å². The average molecular weight is 350 g/mol. The number of methoxy groups -OCH3 is 1. The first kappa shape index (κ1) is 15.4. The lowest BCUT2D eigenvalue weighted by atomic mass is 10.2. The minimum Gasteiger partial charge on any atom is -0.497 e. The van der Waals surface area contributed by atoms with Gasteiger partial charge in [0.1, 0.15) is 11.5 Å². The van der Waals surface area contributed by atoms with Crippen molar-refractivity contribution >= 4 is 27.5 Å². The number of halogens is 1. The van der Waals surface area contributed by atoms with E-state index in [0.29, 0.717) is 11.4 Å². The van der Waals surface area contributed by atoms with Gasteiger partial charge in [-0.2, -0.15) is 0 Å². The number of carbonyl (C=O) groups excluding carboxylic acids is 1. The summed E-state index contributed by atoms with van der Waals surface area (Å²) in [5, 5.41) is 2.80. The van der Waals surface area contributed by atoms with Crippen LogP contribution in [0.3, 0.4) is 0 Å². The van der Waals surface area contributed by atoms with Gasteiger partial charge in [-0.15, -0.1) is 0 Å². The molecule has 0 saturated carbocycles. The molecule has 1 amide bonds. The van der Waals surface area contributed by atoms with E-state index in [9.17, 15) is 4.79 Å². The number of benzene rings is 2. The number of hydrogen-bond acceptors (Lipinski definition) is 3. The van der Waals surface area contributed by atoms with Gasteiger partial charge < -0.3 is 14.8 Å². The van der Waals surface area contributed by atoms with E-state index < -0.39 is 6.10 Å². The lowest BCUT2D eigenvalue weighted by Crippen LogP contribution is -2.30. The summed E-state index contributed by atoms with van der Waals surface area (Å²) >= 11 is 3.36. The van der Waals surface area contributed by atoms with Crippen molar-refractivity contribution in [2.24, 2.45) is 0 Å². The Hall–Kier alpha value is -2.01. The Balaban J connectivity index is 1.95. The van der Waals surface area contributed by atoms with Gasteiger partial charge in [0.2, 0.25) is 0 Å². The van der Waals surface area contributed by atoms with E-state index in [1.807, 2.05) is 24.3 Å². The molecule has 0 bridgehead atoms. The quantitative estimate of drug-likeness (QED) is 0.891. The first-order chi connectivity index (χ1) is 10.1. The highest BCUT2D eigenvalue weighted by molar-refractivity contribution is 9.10. The molecule has 2 rings (SSSR count). The summed E-state index contributed by atoms with van der Waals surface area (Å²) in [5.41, 5.74) is 0.700. The molecule has 2 aromatic carbocycles. The summed E-state index contributed by atoms with van der Waals surface area (Å²) in [6.45, 7) is 1.71. The molecular weight excluding hydrogens is 334 g/mol. The molecule has 0 aliphatic carbocycles. The Kier molecular flexibility index (Phi) is 5.22. The molecule has 1 atom stereocenters. The van der Waals surface area contributed by atoms with Crippen LogP contribution in [0, 0.1) is 0 Å². The maximum absolute atomic E-state index is 12.1. The number of nitrogens with one attached hydrogen (secondary N) is 1. The van der Waals surface area contributed by atoms with Crippen LogP contribution in [-0.2, 0) is 4.79 Å². The third-order valence-corrected chi connectivity index (χ3v) is 3.33. The van der Waals surface area contributed by atoms with Crippen LogP contribution in [0.1, 0.15) is 6.92 Å². The molecule has 0 aliphatic rings. The number of ether oxygens (including phenoxy) is 2. The second-order valence-electron chi connectivity index (χ2n) is 4.44. The Morgan fingerprint density at radius 3 is 2.48 bits per heavy atom. The number of anilines is 1. The standard InChI is InChI=1S/C16H16BrNO3/c1-11(21-15-5-3-4-12(17)10-15)16(19)18-13-6-8-14(20-2)9-7-13/h3-11H,1-2H3,(H,18,19)/t11-/m0/s1. The highest BCUT2D eigenvalue weighted by Crippen LogP contribution is 2.20. The molecule has 0 spiro atoms. The summed E-state index contributed by atoms with van der Waals surface area (Å²) < 4.78 is 11.6. The van der Waals surface area contributed by atoms with E-state index in [0.717, 1.165) is 10.2 Å². The Labute approximate surface area is 132 Å². The van der Waals surface area contributed by atoms with Crippen LogP contribution in [0.4, 0.5) is 5.69 Å². The lowest BCUT2D eigenvalue weighted by Gasteiger charge is -2.15. The van der Waals surface area contributed by atoms with Crippen LogP contribution < -0.4 is 14.8 Å². The number of amides is 1. The van der Waals surface area contributed by atoms with Crippen molar-refractivity contribution in [1.29, 1.82) is 0 Å². The molecule has 0 fully saturated rings. The van der Waals surface area contributed by atoms with Crippen LogP contribution in [0.25, 0.3) is 0 Å². The highest BCUT2D eigenvalue weighted by atomic mass is 79.9. The van der Waals surface area contributed by atoms with Crippen molar-refractivity contribution in [3.63, 3.8) is 0 Å². The topological polar surface area (TPSA) is 47.6 Å². The zero-order valence-corrected chi connectivity index (χ0v) is 13.4. The third-order valence-electron chi connectivity index (χ3n) is 2.84. The Morgan fingerprint density at radius 1 is 1.14 bits per heavy atom. The number of rotatable bonds is 5. The lowest BCUT2D eigenvalue weighted by molar-refractivity contribution is -0.122. The zero-order chi connectivity index (χ0) is 15.2. The van der Waals surface area contributed by atoms with Crippen LogP contribution in [-0.4, -0.2) is 19.1 Å². The fraction of sp³-hybridized carbons (Fsp3) is 0.188. The third kappa shape index (κ3) is 4.49. The van der Waals surface area contributed by atoms with Crippen molar-refractivity contribution in [3.8, 4) is 11.5 Å². The Morgan fingerprint density at radius 2 is 1.86 bits per heavy atom. The van der Waals surface area contributed by atoms with Crippen molar-refractivity contribution in [1.82, 2.24) is 0 Å². The highest BCUT2D eigenvalue weighted by Gasteiger charge is 2.15. The SMILES string of the molecule is COc1ccc(NC(=O)[C@H](C)Oc2cccc(Br)c2)cc1. The van der Waals surface area contributed by atoms with Gasteiger partial charge in [-0.3, -0.25) is 4.79 Å². The van der Waals surface area contributed by atoms with Crippen molar-refractivity contribution in [2.75, 3.05) is 12.4 Å². The molecule has 4 nitrogen and oxygen atoms in total. The summed E-state index contributed by atoms with van der Waals surface area (Å²) in [4.78, 5) is 12.1. The second-order valence-corrected chi connectivity index (χ2v) is 5.35. The summed E-state index contributed by atoms with van der Waals surface area (Å²) in [5.74, 6) is 1.17. The summed E-state index contributed by atoms with van der Waals surface area (Å²) in [6.07, 6.45) is -0.596. The normalized spacial score (nSPS) is 11.6. The number of carbonyl (C=O) groups is 1. The smallest absolute Gasteiger partial charge is 0.265 e. The maximum Gasteiger partial charge on any atom is 0.265 e. The fourth-order valence-corrected chi connectivity index (χ4v) is 2.09. The van der Waals surface area contributed by atoms with Crippen molar-refractivity contribution < 1.29 is 14.3 Å². The summed E-state index contributed by atoms with van der Waals surface area (Å²) in [7, 11) is 1.60. The van der Waals surface area contributed by atoms with Crippen LogP contribution in [0.2, 0.25) is 0 Å². The molecule has 2 aromatic rings. The minimum absolute atomic E-state index is 0.208. The minimum atomic E-state index is -0.596. The molecule has 0 heterocycles. The van der Waals surface area contributed by atoms with Gasteiger partial charge in [0.05, 0.1) is 7.11 Å². The predicted octanol–water partition coefficient (Wildman–Crippen LogP) is 3.86. The second kappa shape index (κ2) is 7.13. The molecule has 21 heavy (non-hydrogen) atoms. The molecule has 1 N–H and O–H groups in total. The molecule has 0 radical (unpaired) electrons. The van der Waals surface area contributed by atoms with Crippen molar-refractivity contribution in [2.45, 2.75) is 13.0 Å². The maximum atomic E-state index is 12.1. The van der Waals surface area contributed by atoms with E-state index in [1.54, 1.807) is 38.3 Å². The van der Waals surface area contributed by atoms with Gasteiger partial charge in [-0.25, -0.2) is 0 Å². The average Bonchev–Trinajstić information content (AvgIpc) is 2.48. The monoisotopic (exact) mass is 349 g/mol. The van der Waals surface area contributed by atoms with Gasteiger partial charge >= 0.3 is 0 Å². The van der Waals surface area contributed by atoms with Crippen LogP contribution >= 0.6 is 15.9 Å². The summed E-state index contributed by atoms with van der Waals surface area (Å²) in [6, 6.07) is 14.5. The first-order valence-electron chi connectivity index (χ1n) is 6.45. The molecule has 0 aromatic heterocycles. The molecule has 110 valence electrons. The molecule has 0 aliphatic heterocycles. The first-order valence-corrected chi connectivity index (χ1v) is 7.25. The van der Waals surface area contributed by atoms with E-state index in [1.165, 1.54) is 0 Å². The number of hydrogen-bond donors (Lipinski definition) is 1. The largest absolute Gasteiger partial charge is 0.497 e. The van der Waals surface area contributed by atoms with E-state index in [4.69, 9.17) is 9.47 Å². The fourth-order valence-electron chi connectivity index (χ4n) is 1.72.